The van der Waals surface area contributed by atoms with Gasteiger partial charge in [0.25, 0.3) is 5.91 Å². The van der Waals surface area contributed by atoms with Crippen LogP contribution in [0.15, 0.2) is 18.3 Å². The summed E-state index contributed by atoms with van der Waals surface area (Å²) in [5.41, 5.74) is 1.65. The predicted octanol–water partition coefficient (Wildman–Crippen LogP) is 2.86. The Morgan fingerprint density at radius 1 is 1.20 bits per heavy atom. The van der Waals surface area contributed by atoms with E-state index in [0.29, 0.717) is 16.5 Å². The van der Waals surface area contributed by atoms with Crippen molar-refractivity contribution >= 4 is 46.0 Å². The van der Waals surface area contributed by atoms with Gasteiger partial charge in [-0.1, -0.05) is 30.6 Å². The van der Waals surface area contributed by atoms with Gasteiger partial charge in [0.2, 0.25) is 0 Å². The Labute approximate surface area is 125 Å². The molecule has 7 heteroatoms. The molecule has 0 radical (unpaired) electrons. The number of amides is 3. The highest BCUT2D eigenvalue weighted by atomic mass is 35.5. The summed E-state index contributed by atoms with van der Waals surface area (Å²) in [4.78, 5) is 25.6. The van der Waals surface area contributed by atoms with Crippen LogP contribution in [0.5, 0.6) is 0 Å². The molecule has 0 aliphatic carbocycles. The number of hydrogen-bond donors (Lipinski definition) is 3. The minimum Gasteiger partial charge on any atom is -0.360 e. The lowest BCUT2D eigenvalue weighted by Gasteiger charge is -2.06. The van der Waals surface area contributed by atoms with Crippen LogP contribution in [0.4, 0.5) is 4.79 Å². The van der Waals surface area contributed by atoms with Crippen molar-refractivity contribution in [1.82, 2.24) is 15.6 Å². The maximum Gasteiger partial charge on any atom is 0.322 e. The SMILES string of the molecule is C.O=C1NC(=O)[C@@H](Cc2c[nH]c3c(Cl)cc(Cl)cc23)N1. The van der Waals surface area contributed by atoms with Crippen molar-refractivity contribution in [2.45, 2.75) is 19.9 Å². The molecule has 1 aliphatic heterocycles. The smallest absolute Gasteiger partial charge is 0.322 e. The maximum absolute atomic E-state index is 11.5. The summed E-state index contributed by atoms with van der Waals surface area (Å²) in [6, 6.07) is 2.40. The fourth-order valence-corrected chi connectivity index (χ4v) is 2.75. The van der Waals surface area contributed by atoms with E-state index in [1.54, 1.807) is 18.3 Å². The first kappa shape index (κ1) is 14.7. The summed E-state index contributed by atoms with van der Waals surface area (Å²) in [6.07, 6.45) is 2.15. The van der Waals surface area contributed by atoms with Crippen LogP contribution >= 0.6 is 23.2 Å². The summed E-state index contributed by atoms with van der Waals surface area (Å²) in [7, 11) is 0. The average molecular weight is 314 g/mol. The fraction of sp³-hybridized carbons (Fsp3) is 0.231. The number of rotatable bonds is 2. The molecule has 5 nitrogen and oxygen atoms in total. The third-order valence-electron chi connectivity index (χ3n) is 3.07. The highest BCUT2D eigenvalue weighted by Crippen LogP contribution is 2.30. The van der Waals surface area contributed by atoms with E-state index in [1.807, 2.05) is 0 Å². The van der Waals surface area contributed by atoms with E-state index in [0.717, 1.165) is 16.5 Å². The maximum atomic E-state index is 11.5. The van der Waals surface area contributed by atoms with Gasteiger partial charge in [0.1, 0.15) is 6.04 Å². The zero-order valence-corrected chi connectivity index (χ0v) is 11.1. The Bertz CT molecular complexity index is 696. The number of aromatic nitrogens is 1. The van der Waals surface area contributed by atoms with Gasteiger partial charge in [-0.15, -0.1) is 0 Å². The van der Waals surface area contributed by atoms with Crippen LogP contribution in [-0.2, 0) is 11.2 Å². The lowest BCUT2D eigenvalue weighted by molar-refractivity contribution is -0.120. The lowest BCUT2D eigenvalue weighted by atomic mass is 10.1. The molecule has 2 heterocycles. The summed E-state index contributed by atoms with van der Waals surface area (Å²) in [5, 5.41) is 6.66. The molecule has 0 saturated carbocycles. The molecule has 20 heavy (non-hydrogen) atoms. The quantitative estimate of drug-likeness (QED) is 0.746. The number of hydrogen-bond acceptors (Lipinski definition) is 2. The zero-order chi connectivity index (χ0) is 13.6. The molecular formula is C13H13Cl2N3O2. The molecule has 1 aromatic carbocycles. The van der Waals surface area contributed by atoms with Gasteiger partial charge in [0.05, 0.1) is 10.5 Å². The van der Waals surface area contributed by atoms with Crippen molar-refractivity contribution in [2.75, 3.05) is 0 Å². The number of aromatic amines is 1. The summed E-state index contributed by atoms with van der Waals surface area (Å²) < 4.78 is 0. The van der Waals surface area contributed by atoms with Crippen LogP contribution in [-0.4, -0.2) is 23.0 Å². The number of carbonyl (C=O) groups is 2. The minimum absolute atomic E-state index is 0. The van der Waals surface area contributed by atoms with Crippen molar-refractivity contribution in [3.63, 3.8) is 0 Å². The Morgan fingerprint density at radius 3 is 2.60 bits per heavy atom. The van der Waals surface area contributed by atoms with Crippen LogP contribution in [0.2, 0.25) is 10.0 Å². The van der Waals surface area contributed by atoms with E-state index in [1.165, 1.54) is 0 Å². The molecule has 3 N–H and O–H groups in total. The van der Waals surface area contributed by atoms with Crippen molar-refractivity contribution in [2.24, 2.45) is 0 Å². The summed E-state index contributed by atoms with van der Waals surface area (Å²) >= 11 is 12.1. The van der Waals surface area contributed by atoms with Gasteiger partial charge in [0.15, 0.2) is 0 Å². The zero-order valence-electron chi connectivity index (χ0n) is 9.59. The van der Waals surface area contributed by atoms with E-state index in [9.17, 15) is 9.59 Å². The molecule has 0 spiro atoms. The van der Waals surface area contributed by atoms with Gasteiger partial charge in [-0.05, 0) is 17.7 Å². The second-order valence-corrected chi connectivity index (χ2v) is 5.19. The number of carbonyl (C=O) groups excluding carboxylic acids is 2. The Morgan fingerprint density at radius 2 is 1.95 bits per heavy atom. The third-order valence-corrected chi connectivity index (χ3v) is 3.59. The van der Waals surface area contributed by atoms with Gasteiger partial charge in [-0.2, -0.15) is 0 Å². The van der Waals surface area contributed by atoms with Crippen molar-refractivity contribution < 1.29 is 9.59 Å². The van der Waals surface area contributed by atoms with Crippen LogP contribution in [0.25, 0.3) is 10.9 Å². The fourth-order valence-electron chi connectivity index (χ4n) is 2.20. The van der Waals surface area contributed by atoms with Crippen LogP contribution < -0.4 is 10.6 Å². The van der Waals surface area contributed by atoms with Crippen LogP contribution in [0, 0.1) is 0 Å². The van der Waals surface area contributed by atoms with Crippen LogP contribution in [0.3, 0.4) is 0 Å². The third kappa shape index (κ3) is 2.46. The highest BCUT2D eigenvalue weighted by Gasteiger charge is 2.30. The number of fused-ring (bicyclic) bond motifs is 1. The summed E-state index contributed by atoms with van der Waals surface area (Å²) in [6.45, 7) is 0. The average Bonchev–Trinajstić information content (AvgIpc) is 2.84. The first-order chi connectivity index (χ1) is 9.04. The number of nitrogens with one attached hydrogen (secondary N) is 3. The number of urea groups is 1. The second kappa shape index (κ2) is 5.34. The molecule has 2 aromatic rings. The molecule has 1 aromatic heterocycles. The Kier molecular flexibility index (Phi) is 3.92. The summed E-state index contributed by atoms with van der Waals surface area (Å²) in [5.74, 6) is -0.326. The van der Waals surface area contributed by atoms with E-state index < -0.39 is 12.1 Å². The van der Waals surface area contributed by atoms with E-state index in [2.05, 4.69) is 15.6 Å². The molecule has 1 saturated heterocycles. The van der Waals surface area contributed by atoms with Crippen LogP contribution in [0.1, 0.15) is 13.0 Å². The van der Waals surface area contributed by atoms with Crippen molar-refractivity contribution in [3.8, 4) is 0 Å². The molecule has 1 aliphatic rings. The van der Waals surface area contributed by atoms with Gasteiger partial charge >= 0.3 is 6.03 Å². The van der Waals surface area contributed by atoms with Crippen molar-refractivity contribution in [1.29, 1.82) is 0 Å². The van der Waals surface area contributed by atoms with Crippen molar-refractivity contribution in [3.05, 3.63) is 33.9 Å². The number of H-pyrrole nitrogens is 1. The van der Waals surface area contributed by atoms with Gasteiger partial charge in [-0.3, -0.25) is 10.1 Å². The predicted molar refractivity (Wildman–Crippen MR) is 79.2 cm³/mol. The highest BCUT2D eigenvalue weighted by molar-refractivity contribution is 6.38. The molecule has 106 valence electrons. The number of benzene rings is 1. The first-order valence-electron chi connectivity index (χ1n) is 5.61. The molecular weight excluding hydrogens is 301 g/mol. The monoisotopic (exact) mass is 313 g/mol. The topological polar surface area (TPSA) is 74.0 Å². The molecule has 0 bridgehead atoms. The second-order valence-electron chi connectivity index (χ2n) is 4.34. The van der Waals surface area contributed by atoms with E-state index >= 15 is 0 Å². The standard InChI is InChI=1S/C12H9Cl2N3O2.CH4/c13-6-2-7-5(4-15-10(7)8(14)3-6)1-9-11(18)17-12(19)16-9;/h2-4,9,15H,1H2,(H2,16,17,18,19);1H4/t9-;/m1./s1. The minimum atomic E-state index is -0.566. The van der Waals surface area contributed by atoms with Gasteiger partial charge < -0.3 is 10.3 Å². The molecule has 1 fully saturated rings. The largest absolute Gasteiger partial charge is 0.360 e. The lowest BCUT2D eigenvalue weighted by Crippen LogP contribution is -2.30. The molecule has 1 atom stereocenters. The van der Waals surface area contributed by atoms with E-state index in [4.69, 9.17) is 23.2 Å². The number of halogens is 2. The Hall–Kier alpha value is -1.72. The first-order valence-corrected chi connectivity index (χ1v) is 6.36. The molecule has 0 unspecified atom stereocenters. The number of imide groups is 1. The molecule has 3 rings (SSSR count). The molecule has 3 amide bonds. The normalized spacial score (nSPS) is 17.8. The Balaban J connectivity index is 0.00000147. The van der Waals surface area contributed by atoms with Gasteiger partial charge in [-0.25, -0.2) is 4.79 Å². The van der Waals surface area contributed by atoms with E-state index in [-0.39, 0.29) is 13.3 Å². The van der Waals surface area contributed by atoms with Gasteiger partial charge in [0, 0.05) is 23.0 Å².